The van der Waals surface area contributed by atoms with Crippen molar-refractivity contribution < 1.29 is 23.8 Å². The van der Waals surface area contributed by atoms with Crippen LogP contribution in [0.25, 0.3) is 10.9 Å². The first-order valence-corrected chi connectivity index (χ1v) is 9.88. The van der Waals surface area contributed by atoms with Crippen LogP contribution in [0, 0.1) is 5.82 Å². The van der Waals surface area contributed by atoms with Gasteiger partial charge in [0.2, 0.25) is 0 Å². The Kier molecular flexibility index (Phi) is 7.22. The molecule has 2 heterocycles. The predicted molar refractivity (Wildman–Crippen MR) is 121 cm³/mol. The topological polar surface area (TPSA) is 96.8 Å². The number of hydrogen-bond donors (Lipinski definition) is 2. The first-order valence-electron chi connectivity index (χ1n) is 9.51. The lowest BCUT2D eigenvalue weighted by Gasteiger charge is -2.17. The Morgan fingerprint density at radius 1 is 1.31 bits per heavy atom. The standard InChI is InChI=1S/C21H20ClFN4O4.ClH/c1-27-9-11(6-16(27)21(28)29)31-18-7-12-15(8-17(18)30-2)24-10-25-20(12)26-14-5-3-4-13(22)19(14)23;/h3-5,7-8,10-11,16H,6,9H2,1-2H3,(H,28,29)(H,24,25,26);1H/t11-,16+;/m1./s1. The van der Waals surface area contributed by atoms with Crippen molar-refractivity contribution in [1.82, 2.24) is 14.9 Å². The molecule has 2 N–H and O–H groups in total. The molecule has 0 amide bonds. The Hall–Kier alpha value is -2.88. The molecule has 11 heteroatoms. The summed E-state index contributed by atoms with van der Waals surface area (Å²) < 4.78 is 25.9. The number of anilines is 2. The van der Waals surface area contributed by atoms with E-state index in [0.717, 1.165) is 0 Å². The van der Waals surface area contributed by atoms with Gasteiger partial charge in [0, 0.05) is 24.4 Å². The van der Waals surface area contributed by atoms with E-state index in [1.165, 1.54) is 19.5 Å². The Labute approximate surface area is 194 Å². The number of methoxy groups -OCH3 is 1. The highest BCUT2D eigenvalue weighted by Crippen LogP contribution is 2.37. The summed E-state index contributed by atoms with van der Waals surface area (Å²) in [5.74, 6) is -0.237. The normalized spacial score (nSPS) is 18.2. The summed E-state index contributed by atoms with van der Waals surface area (Å²) in [6, 6.07) is 7.43. The van der Waals surface area contributed by atoms with Crippen molar-refractivity contribution in [1.29, 1.82) is 0 Å². The lowest BCUT2D eigenvalue weighted by Crippen LogP contribution is -2.32. The van der Waals surface area contributed by atoms with Crippen LogP contribution in [0.5, 0.6) is 11.5 Å². The molecule has 0 spiro atoms. The fourth-order valence-corrected chi connectivity index (χ4v) is 3.82. The number of likely N-dealkylation sites (tertiary alicyclic amines) is 1. The number of nitrogens with one attached hydrogen (secondary N) is 1. The molecule has 0 unspecified atom stereocenters. The number of rotatable bonds is 6. The Morgan fingerprint density at radius 2 is 2.09 bits per heavy atom. The molecular weight excluding hydrogens is 462 g/mol. The second kappa shape index (κ2) is 9.72. The summed E-state index contributed by atoms with van der Waals surface area (Å²) in [5.41, 5.74) is 0.739. The van der Waals surface area contributed by atoms with Gasteiger partial charge in [0.05, 0.1) is 23.3 Å². The van der Waals surface area contributed by atoms with Gasteiger partial charge in [-0.3, -0.25) is 9.69 Å². The third-order valence-electron chi connectivity index (χ3n) is 5.21. The van der Waals surface area contributed by atoms with Gasteiger partial charge < -0.3 is 19.9 Å². The second-order valence-corrected chi connectivity index (χ2v) is 7.65. The van der Waals surface area contributed by atoms with E-state index in [1.807, 2.05) is 0 Å². The summed E-state index contributed by atoms with van der Waals surface area (Å²) in [4.78, 5) is 21.6. The summed E-state index contributed by atoms with van der Waals surface area (Å²) >= 11 is 5.87. The number of nitrogens with zero attached hydrogens (tertiary/aromatic N) is 3. The van der Waals surface area contributed by atoms with Crippen molar-refractivity contribution in [3.63, 3.8) is 0 Å². The largest absolute Gasteiger partial charge is 0.493 e. The zero-order valence-electron chi connectivity index (χ0n) is 17.2. The van der Waals surface area contributed by atoms with Gasteiger partial charge in [0.1, 0.15) is 24.3 Å². The molecule has 3 aromatic rings. The van der Waals surface area contributed by atoms with Crippen molar-refractivity contribution in [2.45, 2.75) is 18.6 Å². The molecule has 1 fully saturated rings. The molecule has 0 bridgehead atoms. The molecule has 1 saturated heterocycles. The lowest BCUT2D eigenvalue weighted by atomic mass is 10.1. The van der Waals surface area contributed by atoms with Crippen LogP contribution in [0.3, 0.4) is 0 Å². The van der Waals surface area contributed by atoms with Crippen LogP contribution in [0.2, 0.25) is 5.02 Å². The third kappa shape index (κ3) is 4.64. The van der Waals surface area contributed by atoms with E-state index in [9.17, 15) is 14.3 Å². The maximum absolute atomic E-state index is 14.4. The number of benzene rings is 2. The second-order valence-electron chi connectivity index (χ2n) is 7.24. The average molecular weight is 483 g/mol. The number of hydrogen-bond acceptors (Lipinski definition) is 7. The highest BCUT2D eigenvalue weighted by molar-refractivity contribution is 6.31. The molecule has 4 rings (SSSR count). The van der Waals surface area contributed by atoms with E-state index in [4.69, 9.17) is 21.1 Å². The number of likely N-dealkylation sites (N-methyl/N-ethyl adjacent to an activating group) is 1. The molecule has 2 atom stereocenters. The van der Waals surface area contributed by atoms with Crippen molar-refractivity contribution in [3.8, 4) is 11.5 Å². The molecule has 0 radical (unpaired) electrons. The monoisotopic (exact) mass is 482 g/mol. The third-order valence-corrected chi connectivity index (χ3v) is 5.51. The summed E-state index contributed by atoms with van der Waals surface area (Å²) in [6.45, 7) is 0.461. The fraction of sp³-hybridized carbons (Fsp3) is 0.286. The van der Waals surface area contributed by atoms with Gasteiger partial charge in [-0.1, -0.05) is 17.7 Å². The highest BCUT2D eigenvalue weighted by Gasteiger charge is 2.36. The van der Waals surface area contributed by atoms with Crippen LogP contribution in [0.1, 0.15) is 6.42 Å². The smallest absolute Gasteiger partial charge is 0.321 e. The Bertz CT molecular complexity index is 1150. The molecule has 2 aromatic carbocycles. The first-order chi connectivity index (χ1) is 14.9. The molecular formula is C21H21Cl2FN4O4. The van der Waals surface area contributed by atoms with E-state index < -0.39 is 17.8 Å². The molecule has 170 valence electrons. The molecule has 8 nitrogen and oxygen atoms in total. The van der Waals surface area contributed by atoms with Gasteiger partial charge in [-0.2, -0.15) is 0 Å². The van der Waals surface area contributed by atoms with Crippen LogP contribution in [0.4, 0.5) is 15.9 Å². The minimum atomic E-state index is -0.887. The van der Waals surface area contributed by atoms with Crippen molar-refractivity contribution in [3.05, 3.63) is 47.5 Å². The van der Waals surface area contributed by atoms with E-state index in [0.29, 0.717) is 41.2 Å². The number of aromatic nitrogens is 2. The quantitative estimate of drug-likeness (QED) is 0.541. The lowest BCUT2D eigenvalue weighted by molar-refractivity contribution is -0.141. The van der Waals surface area contributed by atoms with E-state index in [-0.39, 0.29) is 29.2 Å². The van der Waals surface area contributed by atoms with E-state index in [1.54, 1.807) is 36.2 Å². The van der Waals surface area contributed by atoms with Gasteiger partial charge in [-0.05, 0) is 25.2 Å². The zero-order chi connectivity index (χ0) is 22.1. The minimum absolute atomic E-state index is 0. The fourth-order valence-electron chi connectivity index (χ4n) is 3.65. The molecule has 1 aromatic heterocycles. The maximum atomic E-state index is 14.4. The van der Waals surface area contributed by atoms with Crippen LogP contribution in [-0.4, -0.2) is 58.8 Å². The van der Waals surface area contributed by atoms with Gasteiger partial charge in [-0.15, -0.1) is 12.4 Å². The highest BCUT2D eigenvalue weighted by atomic mass is 35.5. The van der Waals surface area contributed by atoms with Crippen LogP contribution in [-0.2, 0) is 4.79 Å². The minimum Gasteiger partial charge on any atom is -0.493 e. The van der Waals surface area contributed by atoms with Crippen molar-refractivity contribution in [2.24, 2.45) is 0 Å². The number of aliphatic carboxylic acids is 1. The van der Waals surface area contributed by atoms with Crippen LogP contribution < -0.4 is 14.8 Å². The van der Waals surface area contributed by atoms with Gasteiger partial charge >= 0.3 is 5.97 Å². The van der Waals surface area contributed by atoms with E-state index in [2.05, 4.69) is 15.3 Å². The Balaban J connectivity index is 0.00000289. The first kappa shape index (κ1) is 23.8. The summed E-state index contributed by atoms with van der Waals surface area (Å²) in [7, 11) is 3.26. The molecule has 32 heavy (non-hydrogen) atoms. The number of carbonyl (C=O) groups is 1. The van der Waals surface area contributed by atoms with Crippen LogP contribution in [0.15, 0.2) is 36.7 Å². The zero-order valence-corrected chi connectivity index (χ0v) is 18.8. The number of carboxylic acids is 1. The average Bonchev–Trinajstić information content (AvgIpc) is 3.11. The number of carboxylic acid groups (broad SMARTS) is 1. The maximum Gasteiger partial charge on any atom is 0.321 e. The van der Waals surface area contributed by atoms with Gasteiger partial charge in [0.15, 0.2) is 17.3 Å². The number of halogens is 3. The van der Waals surface area contributed by atoms with Gasteiger partial charge in [0.25, 0.3) is 0 Å². The van der Waals surface area contributed by atoms with E-state index >= 15 is 0 Å². The number of fused-ring (bicyclic) bond motifs is 1. The summed E-state index contributed by atoms with van der Waals surface area (Å²) in [6.07, 6.45) is 1.37. The Morgan fingerprint density at radius 3 is 2.78 bits per heavy atom. The summed E-state index contributed by atoms with van der Waals surface area (Å²) in [5, 5.41) is 12.9. The predicted octanol–water partition coefficient (Wildman–Crippen LogP) is 4.13. The molecule has 0 aliphatic carbocycles. The number of ether oxygens (including phenoxy) is 2. The van der Waals surface area contributed by atoms with Crippen LogP contribution >= 0.6 is 24.0 Å². The van der Waals surface area contributed by atoms with Gasteiger partial charge in [-0.25, -0.2) is 14.4 Å². The molecule has 1 aliphatic heterocycles. The van der Waals surface area contributed by atoms with Crippen molar-refractivity contribution in [2.75, 3.05) is 26.0 Å². The van der Waals surface area contributed by atoms with Crippen molar-refractivity contribution >= 4 is 52.4 Å². The molecule has 0 saturated carbocycles. The molecule has 1 aliphatic rings. The SMILES string of the molecule is COc1cc2ncnc(Nc3cccc(Cl)c3F)c2cc1O[C@@H]1C[C@@H](C(=O)O)N(C)C1.Cl.